The molecule has 0 aromatic carbocycles. The van der Waals surface area contributed by atoms with Gasteiger partial charge in [0.25, 0.3) is 0 Å². The SMILES string of the molecule is COC(=O)N1CCC(OCCC(=O)O)CC1. The van der Waals surface area contributed by atoms with E-state index in [1.54, 1.807) is 4.90 Å². The Bertz CT molecular complexity index is 248. The van der Waals surface area contributed by atoms with Gasteiger partial charge in [-0.1, -0.05) is 0 Å². The lowest BCUT2D eigenvalue weighted by atomic mass is 10.1. The summed E-state index contributed by atoms with van der Waals surface area (Å²) in [5, 5.41) is 8.44. The van der Waals surface area contributed by atoms with Gasteiger partial charge in [0.15, 0.2) is 0 Å². The van der Waals surface area contributed by atoms with Gasteiger partial charge in [0.1, 0.15) is 0 Å². The minimum atomic E-state index is -0.855. The number of likely N-dealkylation sites (tertiary alicyclic amines) is 1. The van der Waals surface area contributed by atoms with Gasteiger partial charge < -0.3 is 19.5 Å². The van der Waals surface area contributed by atoms with Crippen LogP contribution < -0.4 is 0 Å². The fourth-order valence-electron chi connectivity index (χ4n) is 1.65. The first-order valence-corrected chi connectivity index (χ1v) is 5.29. The number of amides is 1. The van der Waals surface area contributed by atoms with Gasteiger partial charge in [-0.05, 0) is 12.8 Å². The van der Waals surface area contributed by atoms with Gasteiger partial charge in [0.2, 0.25) is 0 Å². The lowest BCUT2D eigenvalue weighted by Crippen LogP contribution is -2.40. The Hall–Kier alpha value is -1.30. The molecule has 1 heterocycles. The number of carbonyl (C=O) groups excluding carboxylic acids is 1. The minimum absolute atomic E-state index is 0.0250. The molecule has 6 nitrogen and oxygen atoms in total. The zero-order valence-electron chi connectivity index (χ0n) is 9.35. The summed E-state index contributed by atoms with van der Waals surface area (Å²) >= 11 is 0. The van der Waals surface area contributed by atoms with E-state index >= 15 is 0 Å². The van der Waals surface area contributed by atoms with Crippen molar-refractivity contribution in [1.82, 2.24) is 4.90 Å². The normalized spacial score (nSPS) is 17.2. The maximum atomic E-state index is 11.2. The van der Waals surface area contributed by atoms with Crippen LogP contribution in [0.2, 0.25) is 0 Å². The predicted octanol–water partition coefficient (Wildman–Crippen LogP) is 0.708. The van der Waals surface area contributed by atoms with Crippen LogP contribution in [0.5, 0.6) is 0 Å². The predicted molar refractivity (Wildman–Crippen MR) is 55.2 cm³/mol. The first kappa shape index (κ1) is 12.8. The Morgan fingerprint density at radius 3 is 2.50 bits per heavy atom. The quantitative estimate of drug-likeness (QED) is 0.771. The van der Waals surface area contributed by atoms with E-state index in [1.165, 1.54) is 7.11 Å². The van der Waals surface area contributed by atoms with Gasteiger partial charge in [-0.25, -0.2) is 4.79 Å². The van der Waals surface area contributed by atoms with Gasteiger partial charge in [-0.15, -0.1) is 0 Å². The molecule has 0 saturated carbocycles. The number of nitrogens with zero attached hydrogens (tertiary/aromatic N) is 1. The van der Waals surface area contributed by atoms with Crippen molar-refractivity contribution in [2.45, 2.75) is 25.4 Å². The molecule has 16 heavy (non-hydrogen) atoms. The molecule has 1 N–H and O–H groups in total. The molecule has 6 heteroatoms. The van der Waals surface area contributed by atoms with E-state index in [2.05, 4.69) is 4.74 Å². The van der Waals surface area contributed by atoms with Crippen LogP contribution in [0.4, 0.5) is 4.79 Å². The summed E-state index contributed by atoms with van der Waals surface area (Å²) in [5.41, 5.74) is 0. The number of ether oxygens (including phenoxy) is 2. The monoisotopic (exact) mass is 231 g/mol. The molecule has 0 aromatic rings. The van der Waals surface area contributed by atoms with Crippen LogP contribution in [0.25, 0.3) is 0 Å². The van der Waals surface area contributed by atoms with Crippen LogP contribution >= 0.6 is 0 Å². The summed E-state index contributed by atoms with van der Waals surface area (Å²) in [6, 6.07) is 0. The highest BCUT2D eigenvalue weighted by atomic mass is 16.5. The van der Waals surface area contributed by atoms with Gasteiger partial charge in [-0.3, -0.25) is 4.79 Å². The van der Waals surface area contributed by atoms with E-state index < -0.39 is 5.97 Å². The van der Waals surface area contributed by atoms with Crippen molar-refractivity contribution < 1.29 is 24.2 Å². The van der Waals surface area contributed by atoms with Crippen molar-refractivity contribution in [2.24, 2.45) is 0 Å². The highest BCUT2D eigenvalue weighted by Gasteiger charge is 2.23. The van der Waals surface area contributed by atoms with Crippen molar-refractivity contribution in [2.75, 3.05) is 26.8 Å². The van der Waals surface area contributed by atoms with Crippen LogP contribution in [-0.2, 0) is 14.3 Å². The molecule has 0 bridgehead atoms. The second-order valence-corrected chi connectivity index (χ2v) is 3.67. The number of aliphatic carboxylic acids is 1. The molecule has 0 atom stereocenters. The topological polar surface area (TPSA) is 76.1 Å². The summed E-state index contributed by atoms with van der Waals surface area (Å²) in [5.74, 6) is -0.855. The van der Waals surface area contributed by atoms with E-state index in [1.807, 2.05) is 0 Å². The Kier molecular flexibility index (Phi) is 5.04. The molecule has 0 radical (unpaired) electrons. The molecular weight excluding hydrogens is 214 g/mol. The molecule has 0 aromatic heterocycles. The molecule has 1 saturated heterocycles. The molecule has 0 aliphatic carbocycles. The number of piperidine rings is 1. The maximum absolute atomic E-state index is 11.2. The van der Waals surface area contributed by atoms with E-state index in [0.29, 0.717) is 13.1 Å². The minimum Gasteiger partial charge on any atom is -0.481 e. The number of rotatable bonds is 4. The largest absolute Gasteiger partial charge is 0.481 e. The number of hydrogen-bond acceptors (Lipinski definition) is 4. The average molecular weight is 231 g/mol. The van der Waals surface area contributed by atoms with E-state index in [-0.39, 0.29) is 25.2 Å². The molecule has 1 aliphatic rings. The fraction of sp³-hybridized carbons (Fsp3) is 0.800. The zero-order chi connectivity index (χ0) is 12.0. The van der Waals surface area contributed by atoms with Crippen molar-refractivity contribution in [3.63, 3.8) is 0 Å². The number of carbonyl (C=O) groups is 2. The third kappa shape index (κ3) is 4.06. The summed E-state index contributed by atoms with van der Waals surface area (Å²) < 4.78 is 10.0. The van der Waals surface area contributed by atoms with E-state index in [0.717, 1.165) is 12.8 Å². The summed E-state index contributed by atoms with van der Waals surface area (Å²) in [4.78, 5) is 23.1. The Morgan fingerprint density at radius 2 is 2.00 bits per heavy atom. The molecule has 0 spiro atoms. The van der Waals surface area contributed by atoms with Crippen molar-refractivity contribution in [3.05, 3.63) is 0 Å². The van der Waals surface area contributed by atoms with Crippen molar-refractivity contribution in [3.8, 4) is 0 Å². The van der Waals surface area contributed by atoms with Crippen LogP contribution in [0.15, 0.2) is 0 Å². The van der Waals surface area contributed by atoms with Gasteiger partial charge in [-0.2, -0.15) is 0 Å². The third-order valence-electron chi connectivity index (χ3n) is 2.54. The number of methoxy groups -OCH3 is 1. The smallest absolute Gasteiger partial charge is 0.409 e. The molecule has 0 unspecified atom stereocenters. The second-order valence-electron chi connectivity index (χ2n) is 3.67. The van der Waals surface area contributed by atoms with Gasteiger partial charge in [0, 0.05) is 13.1 Å². The molecule has 1 fully saturated rings. The van der Waals surface area contributed by atoms with Gasteiger partial charge in [0.05, 0.1) is 26.2 Å². The maximum Gasteiger partial charge on any atom is 0.409 e. The van der Waals surface area contributed by atoms with Crippen LogP contribution in [0.1, 0.15) is 19.3 Å². The number of hydrogen-bond donors (Lipinski definition) is 1. The standard InChI is InChI=1S/C10H17NO5/c1-15-10(14)11-5-2-8(3-6-11)16-7-4-9(12)13/h8H,2-7H2,1H3,(H,12,13). The Labute approximate surface area is 94.1 Å². The van der Waals surface area contributed by atoms with Crippen LogP contribution in [0.3, 0.4) is 0 Å². The summed E-state index contributed by atoms with van der Waals surface area (Å²) in [6.07, 6.45) is 1.23. The molecule has 92 valence electrons. The van der Waals surface area contributed by atoms with Crippen molar-refractivity contribution in [1.29, 1.82) is 0 Å². The third-order valence-corrected chi connectivity index (χ3v) is 2.54. The van der Waals surface area contributed by atoms with E-state index in [9.17, 15) is 9.59 Å². The van der Waals surface area contributed by atoms with Crippen molar-refractivity contribution >= 4 is 12.1 Å². The number of carboxylic acids is 1. The highest BCUT2D eigenvalue weighted by molar-refractivity contribution is 5.67. The molecular formula is C10H17NO5. The molecule has 1 amide bonds. The molecule has 1 rings (SSSR count). The lowest BCUT2D eigenvalue weighted by Gasteiger charge is -2.30. The Morgan fingerprint density at radius 1 is 1.38 bits per heavy atom. The van der Waals surface area contributed by atoms with Gasteiger partial charge >= 0.3 is 12.1 Å². The first-order valence-electron chi connectivity index (χ1n) is 5.29. The average Bonchev–Trinajstić information content (AvgIpc) is 2.28. The summed E-state index contributed by atoms with van der Waals surface area (Å²) in [6.45, 7) is 1.44. The summed E-state index contributed by atoms with van der Waals surface area (Å²) in [7, 11) is 1.36. The van der Waals surface area contributed by atoms with E-state index in [4.69, 9.17) is 9.84 Å². The second kappa shape index (κ2) is 6.32. The lowest BCUT2D eigenvalue weighted by molar-refractivity contribution is -0.138. The van der Waals surface area contributed by atoms with Crippen LogP contribution in [-0.4, -0.2) is 55.0 Å². The fourth-order valence-corrected chi connectivity index (χ4v) is 1.65. The Balaban J connectivity index is 2.17. The molecule has 1 aliphatic heterocycles. The zero-order valence-corrected chi connectivity index (χ0v) is 9.35. The number of carboxylic acid groups (broad SMARTS) is 1. The van der Waals surface area contributed by atoms with Crippen LogP contribution in [0, 0.1) is 0 Å². The highest BCUT2D eigenvalue weighted by Crippen LogP contribution is 2.14. The first-order chi connectivity index (χ1) is 7.63.